The largest absolute Gasteiger partial charge is 0.315 e. The summed E-state index contributed by atoms with van der Waals surface area (Å²) in [5.41, 5.74) is 1.88. The molecule has 1 fully saturated rings. The first-order chi connectivity index (χ1) is 11.1. The van der Waals surface area contributed by atoms with Gasteiger partial charge >= 0.3 is 0 Å². The van der Waals surface area contributed by atoms with E-state index in [2.05, 4.69) is 30.1 Å². The maximum atomic E-state index is 12.4. The Kier molecular flexibility index (Phi) is 5.03. The van der Waals surface area contributed by atoms with Gasteiger partial charge in [-0.3, -0.25) is 9.69 Å². The van der Waals surface area contributed by atoms with Crippen molar-refractivity contribution < 1.29 is 4.79 Å². The summed E-state index contributed by atoms with van der Waals surface area (Å²) in [6.07, 6.45) is 5.57. The third kappa shape index (κ3) is 3.76. The number of likely N-dealkylation sites (tertiary alicyclic amines) is 1. The lowest BCUT2D eigenvalue weighted by Gasteiger charge is -2.30. The summed E-state index contributed by atoms with van der Waals surface area (Å²) in [6.45, 7) is 6.93. The molecule has 0 unspecified atom stereocenters. The molecule has 124 valence electrons. The molecule has 1 aliphatic heterocycles. The number of nitriles is 1. The first-order valence-electron chi connectivity index (χ1n) is 8.63. The average Bonchev–Trinajstić information content (AvgIpc) is 2.82. The maximum absolute atomic E-state index is 12.4. The quantitative estimate of drug-likeness (QED) is 0.923. The standard InChI is InChI=1S/C18H25N3OS/c1-12-5-6-14-15(9-19)18(23-16(14)8-12)20-17(22)11-21-7-3-4-13(2)10-21/h12-13H,3-8,10-11H2,1-2H3,(H,20,22)/t12-,13-/m0/s1. The second-order valence-corrected chi connectivity index (χ2v) is 8.30. The summed E-state index contributed by atoms with van der Waals surface area (Å²) in [5.74, 6) is 1.36. The summed E-state index contributed by atoms with van der Waals surface area (Å²) in [4.78, 5) is 15.9. The number of hydrogen-bond acceptors (Lipinski definition) is 4. The van der Waals surface area contributed by atoms with Gasteiger partial charge in [0.05, 0.1) is 12.1 Å². The zero-order valence-electron chi connectivity index (χ0n) is 14.0. The number of fused-ring (bicyclic) bond motifs is 1. The molecule has 2 aliphatic rings. The molecule has 0 saturated carbocycles. The molecule has 3 rings (SSSR count). The average molecular weight is 331 g/mol. The highest BCUT2D eigenvalue weighted by Crippen LogP contribution is 2.39. The molecule has 0 aromatic carbocycles. The van der Waals surface area contributed by atoms with Crippen molar-refractivity contribution in [2.45, 2.75) is 46.0 Å². The van der Waals surface area contributed by atoms with Crippen LogP contribution in [0.5, 0.6) is 0 Å². The fourth-order valence-corrected chi connectivity index (χ4v) is 5.13. The van der Waals surface area contributed by atoms with Gasteiger partial charge in [0.15, 0.2) is 0 Å². The molecule has 1 aliphatic carbocycles. The molecule has 2 atom stereocenters. The third-order valence-electron chi connectivity index (χ3n) is 4.98. The number of thiophene rings is 1. The van der Waals surface area contributed by atoms with Crippen molar-refractivity contribution in [2.75, 3.05) is 25.0 Å². The van der Waals surface area contributed by atoms with Crippen LogP contribution < -0.4 is 5.32 Å². The molecule has 5 heteroatoms. The number of nitrogens with one attached hydrogen (secondary N) is 1. The Bertz CT molecular complexity index is 631. The Morgan fingerprint density at radius 2 is 2.22 bits per heavy atom. The zero-order valence-corrected chi connectivity index (χ0v) is 14.8. The normalized spacial score (nSPS) is 24.7. The topological polar surface area (TPSA) is 56.1 Å². The van der Waals surface area contributed by atoms with Gasteiger partial charge in [0.1, 0.15) is 11.1 Å². The Morgan fingerprint density at radius 3 is 2.96 bits per heavy atom. The molecule has 0 radical (unpaired) electrons. The minimum absolute atomic E-state index is 0.0160. The molecular weight excluding hydrogens is 306 g/mol. The van der Waals surface area contributed by atoms with Gasteiger partial charge in [-0.2, -0.15) is 5.26 Å². The van der Waals surface area contributed by atoms with Crippen molar-refractivity contribution in [3.05, 3.63) is 16.0 Å². The summed E-state index contributed by atoms with van der Waals surface area (Å²) in [5, 5.41) is 13.3. The second kappa shape index (κ2) is 7.02. The third-order valence-corrected chi connectivity index (χ3v) is 6.15. The molecule has 2 heterocycles. The molecule has 23 heavy (non-hydrogen) atoms. The Balaban J connectivity index is 1.68. The van der Waals surface area contributed by atoms with Crippen LogP contribution >= 0.6 is 11.3 Å². The fraction of sp³-hybridized carbons (Fsp3) is 0.667. The molecule has 1 aromatic rings. The van der Waals surface area contributed by atoms with Crippen LogP contribution in [0.4, 0.5) is 5.00 Å². The Morgan fingerprint density at radius 1 is 1.39 bits per heavy atom. The van der Waals surface area contributed by atoms with Crippen LogP contribution in [0.25, 0.3) is 0 Å². The number of carbonyl (C=O) groups is 1. The maximum Gasteiger partial charge on any atom is 0.239 e. The van der Waals surface area contributed by atoms with Gasteiger partial charge in [0.2, 0.25) is 5.91 Å². The van der Waals surface area contributed by atoms with Crippen LogP contribution in [-0.2, 0) is 17.6 Å². The SMILES string of the molecule is C[C@H]1CCc2c(sc(NC(=O)CN3CCC[C@H](C)C3)c2C#N)C1. The summed E-state index contributed by atoms with van der Waals surface area (Å²) in [7, 11) is 0. The van der Waals surface area contributed by atoms with E-state index in [1.54, 1.807) is 11.3 Å². The smallest absolute Gasteiger partial charge is 0.239 e. The summed E-state index contributed by atoms with van der Waals surface area (Å²) < 4.78 is 0. The molecule has 1 amide bonds. The molecule has 1 aromatic heterocycles. The van der Waals surface area contributed by atoms with Crippen molar-refractivity contribution in [1.82, 2.24) is 4.90 Å². The van der Waals surface area contributed by atoms with E-state index in [0.29, 0.717) is 23.9 Å². The van der Waals surface area contributed by atoms with Crippen LogP contribution in [0, 0.1) is 23.2 Å². The van der Waals surface area contributed by atoms with Crippen LogP contribution in [0.15, 0.2) is 0 Å². The van der Waals surface area contributed by atoms with Crippen molar-refractivity contribution in [3.63, 3.8) is 0 Å². The zero-order chi connectivity index (χ0) is 16.4. The predicted octanol–water partition coefficient (Wildman–Crippen LogP) is 3.41. The van der Waals surface area contributed by atoms with E-state index in [0.717, 1.165) is 37.4 Å². The van der Waals surface area contributed by atoms with Gasteiger partial charge in [0.25, 0.3) is 0 Å². The van der Waals surface area contributed by atoms with E-state index in [1.807, 2.05) is 0 Å². The van der Waals surface area contributed by atoms with Crippen molar-refractivity contribution >= 4 is 22.2 Å². The molecule has 0 bridgehead atoms. The van der Waals surface area contributed by atoms with E-state index in [-0.39, 0.29) is 5.91 Å². The van der Waals surface area contributed by atoms with Crippen LogP contribution in [0.3, 0.4) is 0 Å². The Labute approximate surface area is 142 Å². The van der Waals surface area contributed by atoms with Gasteiger partial charge in [-0.1, -0.05) is 13.8 Å². The highest BCUT2D eigenvalue weighted by atomic mass is 32.1. The number of piperidine rings is 1. The lowest BCUT2D eigenvalue weighted by Crippen LogP contribution is -2.39. The van der Waals surface area contributed by atoms with Gasteiger partial charge in [-0.15, -0.1) is 11.3 Å². The lowest BCUT2D eigenvalue weighted by molar-refractivity contribution is -0.117. The number of nitrogens with zero attached hydrogens (tertiary/aromatic N) is 2. The first-order valence-corrected chi connectivity index (χ1v) is 9.45. The molecular formula is C18H25N3OS. The first kappa shape index (κ1) is 16.5. The van der Waals surface area contributed by atoms with E-state index in [1.165, 1.54) is 23.3 Å². The van der Waals surface area contributed by atoms with Gasteiger partial charge in [-0.25, -0.2) is 0 Å². The molecule has 1 N–H and O–H groups in total. The molecule has 0 spiro atoms. The van der Waals surface area contributed by atoms with Gasteiger partial charge in [0, 0.05) is 11.4 Å². The van der Waals surface area contributed by atoms with Crippen molar-refractivity contribution in [3.8, 4) is 6.07 Å². The van der Waals surface area contributed by atoms with Crippen LogP contribution in [-0.4, -0.2) is 30.4 Å². The number of amides is 1. The van der Waals surface area contributed by atoms with E-state index in [9.17, 15) is 10.1 Å². The van der Waals surface area contributed by atoms with Crippen molar-refractivity contribution in [1.29, 1.82) is 5.26 Å². The summed E-state index contributed by atoms with van der Waals surface area (Å²) >= 11 is 1.61. The molecule has 4 nitrogen and oxygen atoms in total. The monoisotopic (exact) mass is 331 g/mol. The fourth-order valence-electron chi connectivity index (χ4n) is 3.76. The number of hydrogen-bond donors (Lipinski definition) is 1. The van der Waals surface area contributed by atoms with E-state index >= 15 is 0 Å². The van der Waals surface area contributed by atoms with E-state index < -0.39 is 0 Å². The number of rotatable bonds is 3. The Hall–Kier alpha value is -1.38. The van der Waals surface area contributed by atoms with Crippen LogP contribution in [0.1, 0.15) is 49.1 Å². The number of carbonyl (C=O) groups excluding carboxylic acids is 1. The lowest BCUT2D eigenvalue weighted by atomic mass is 9.89. The van der Waals surface area contributed by atoms with Crippen LogP contribution in [0.2, 0.25) is 0 Å². The number of anilines is 1. The second-order valence-electron chi connectivity index (χ2n) is 7.20. The minimum Gasteiger partial charge on any atom is -0.315 e. The highest BCUT2D eigenvalue weighted by molar-refractivity contribution is 7.16. The predicted molar refractivity (Wildman–Crippen MR) is 93.7 cm³/mol. The summed E-state index contributed by atoms with van der Waals surface area (Å²) in [6, 6.07) is 2.32. The van der Waals surface area contributed by atoms with Crippen molar-refractivity contribution in [2.24, 2.45) is 11.8 Å². The molecule has 1 saturated heterocycles. The minimum atomic E-state index is 0.0160. The van der Waals surface area contributed by atoms with E-state index in [4.69, 9.17) is 0 Å². The van der Waals surface area contributed by atoms with Gasteiger partial charge < -0.3 is 5.32 Å². The highest BCUT2D eigenvalue weighted by Gasteiger charge is 2.25. The van der Waals surface area contributed by atoms with Gasteiger partial charge in [-0.05, 0) is 56.0 Å².